The highest BCUT2D eigenvalue weighted by atomic mass is 32.2. The van der Waals surface area contributed by atoms with Gasteiger partial charge in [-0.05, 0) is 22.8 Å². The third-order valence-corrected chi connectivity index (χ3v) is 4.37. The van der Waals surface area contributed by atoms with E-state index in [0.717, 1.165) is 16.9 Å². The fourth-order valence-corrected chi connectivity index (χ4v) is 2.89. The van der Waals surface area contributed by atoms with Crippen molar-refractivity contribution in [3.8, 4) is 11.1 Å². The van der Waals surface area contributed by atoms with Crippen LogP contribution in [0.1, 0.15) is 24.2 Å². The van der Waals surface area contributed by atoms with E-state index in [9.17, 15) is 4.79 Å². The molecule has 0 atom stereocenters. The first-order valence-electron chi connectivity index (χ1n) is 6.93. The molecule has 0 aliphatic rings. The molecule has 0 saturated carbocycles. The highest BCUT2D eigenvalue weighted by Gasteiger charge is 2.07. The average Bonchev–Trinajstić information content (AvgIpc) is 2.48. The van der Waals surface area contributed by atoms with Crippen LogP contribution in [0, 0.1) is 5.92 Å². The van der Waals surface area contributed by atoms with Gasteiger partial charge in [0.05, 0.1) is 5.75 Å². The number of rotatable bonds is 6. The lowest BCUT2D eigenvalue weighted by Gasteiger charge is -2.05. The number of hydrogen-bond acceptors (Lipinski definition) is 2. The van der Waals surface area contributed by atoms with Crippen molar-refractivity contribution in [1.82, 2.24) is 0 Å². The third-order valence-electron chi connectivity index (χ3n) is 3.00. The molecule has 0 aromatic heterocycles. The minimum Gasteiger partial charge on any atom is -0.293 e. The predicted molar refractivity (Wildman–Crippen MR) is 88.4 cm³/mol. The first kappa shape index (κ1) is 14.9. The Morgan fingerprint density at radius 1 is 0.950 bits per heavy atom. The highest BCUT2D eigenvalue weighted by molar-refractivity contribution is 7.99. The molecule has 0 fully saturated rings. The zero-order valence-corrected chi connectivity index (χ0v) is 12.8. The Balaban J connectivity index is 1.99. The molecule has 0 aliphatic carbocycles. The van der Waals surface area contributed by atoms with Crippen molar-refractivity contribution >= 4 is 17.5 Å². The van der Waals surface area contributed by atoms with Crippen molar-refractivity contribution in [3.63, 3.8) is 0 Å². The first-order chi connectivity index (χ1) is 9.66. The van der Waals surface area contributed by atoms with E-state index in [4.69, 9.17) is 0 Å². The number of benzene rings is 2. The van der Waals surface area contributed by atoms with Crippen LogP contribution in [0.3, 0.4) is 0 Å². The quantitative estimate of drug-likeness (QED) is 0.700. The van der Waals surface area contributed by atoms with Gasteiger partial charge < -0.3 is 0 Å². The molecular formula is C18H20OS. The molecule has 0 amide bonds. The van der Waals surface area contributed by atoms with E-state index in [0.29, 0.717) is 11.7 Å². The van der Waals surface area contributed by atoms with Gasteiger partial charge in [-0.15, -0.1) is 0 Å². The Labute approximate surface area is 125 Å². The second-order valence-corrected chi connectivity index (χ2v) is 6.31. The average molecular weight is 284 g/mol. The maximum absolute atomic E-state index is 12.1. The normalized spacial score (nSPS) is 10.8. The Hall–Kier alpha value is -1.54. The highest BCUT2D eigenvalue weighted by Crippen LogP contribution is 2.20. The summed E-state index contributed by atoms with van der Waals surface area (Å²) in [5, 5.41) is 0. The van der Waals surface area contributed by atoms with Gasteiger partial charge in [0.15, 0.2) is 5.78 Å². The first-order valence-corrected chi connectivity index (χ1v) is 8.08. The molecule has 2 aromatic rings. The molecule has 0 saturated heterocycles. The van der Waals surface area contributed by atoms with Crippen LogP contribution in [0.4, 0.5) is 0 Å². The summed E-state index contributed by atoms with van der Waals surface area (Å²) in [5.41, 5.74) is 3.14. The summed E-state index contributed by atoms with van der Waals surface area (Å²) < 4.78 is 0. The molecule has 0 bridgehead atoms. The van der Waals surface area contributed by atoms with E-state index in [1.807, 2.05) is 42.5 Å². The smallest absolute Gasteiger partial charge is 0.172 e. The van der Waals surface area contributed by atoms with Crippen molar-refractivity contribution in [2.45, 2.75) is 13.8 Å². The molecule has 2 rings (SSSR count). The largest absolute Gasteiger partial charge is 0.293 e. The zero-order valence-electron chi connectivity index (χ0n) is 12.0. The lowest BCUT2D eigenvalue weighted by atomic mass is 10.0. The van der Waals surface area contributed by atoms with Crippen molar-refractivity contribution in [3.05, 3.63) is 60.2 Å². The van der Waals surface area contributed by atoms with Gasteiger partial charge >= 0.3 is 0 Å². The number of carbonyl (C=O) groups excluding carboxylic acids is 1. The second kappa shape index (κ2) is 7.30. The minimum absolute atomic E-state index is 0.218. The van der Waals surface area contributed by atoms with Crippen LogP contribution in [0.25, 0.3) is 11.1 Å². The summed E-state index contributed by atoms with van der Waals surface area (Å²) in [5.74, 6) is 2.46. The lowest BCUT2D eigenvalue weighted by molar-refractivity contribution is 0.102. The lowest BCUT2D eigenvalue weighted by Crippen LogP contribution is -2.04. The Morgan fingerprint density at radius 3 is 2.15 bits per heavy atom. The Morgan fingerprint density at radius 2 is 1.55 bits per heavy atom. The van der Waals surface area contributed by atoms with Gasteiger partial charge in [0.1, 0.15) is 0 Å². The maximum Gasteiger partial charge on any atom is 0.172 e. The number of carbonyl (C=O) groups is 1. The standard InChI is InChI=1S/C18H20OS/c1-14(2)12-20-13-18(19)17-10-8-16(9-11-17)15-6-4-3-5-7-15/h3-11,14H,12-13H2,1-2H3. The second-order valence-electron chi connectivity index (χ2n) is 5.28. The summed E-state index contributed by atoms with van der Waals surface area (Å²) in [6.07, 6.45) is 0. The summed E-state index contributed by atoms with van der Waals surface area (Å²) in [6, 6.07) is 18.1. The molecule has 0 radical (unpaired) electrons. The molecule has 2 aromatic carbocycles. The molecular weight excluding hydrogens is 264 g/mol. The van der Waals surface area contributed by atoms with Crippen LogP contribution < -0.4 is 0 Å². The van der Waals surface area contributed by atoms with Gasteiger partial charge in [-0.1, -0.05) is 68.4 Å². The number of thioether (sulfide) groups is 1. The van der Waals surface area contributed by atoms with Gasteiger partial charge in [-0.25, -0.2) is 0 Å². The molecule has 0 unspecified atom stereocenters. The summed E-state index contributed by atoms with van der Waals surface area (Å²) >= 11 is 1.72. The Kier molecular flexibility index (Phi) is 5.42. The van der Waals surface area contributed by atoms with Crippen molar-refractivity contribution in [1.29, 1.82) is 0 Å². The predicted octanol–water partition coefficient (Wildman–Crippen LogP) is 4.93. The van der Waals surface area contributed by atoms with Crippen LogP contribution in [0.15, 0.2) is 54.6 Å². The number of Topliss-reactive ketones (excluding diaryl/α,β-unsaturated/α-hetero) is 1. The van der Waals surface area contributed by atoms with Crippen LogP contribution in [0.2, 0.25) is 0 Å². The van der Waals surface area contributed by atoms with Crippen LogP contribution in [-0.4, -0.2) is 17.3 Å². The van der Waals surface area contributed by atoms with E-state index >= 15 is 0 Å². The van der Waals surface area contributed by atoms with Crippen molar-refractivity contribution in [2.24, 2.45) is 5.92 Å². The molecule has 104 valence electrons. The SMILES string of the molecule is CC(C)CSCC(=O)c1ccc(-c2ccccc2)cc1. The van der Waals surface area contributed by atoms with Gasteiger partial charge in [-0.3, -0.25) is 4.79 Å². The van der Waals surface area contributed by atoms with Crippen LogP contribution in [0.5, 0.6) is 0 Å². The van der Waals surface area contributed by atoms with Gasteiger partial charge in [0.2, 0.25) is 0 Å². The Bertz CT molecular complexity index is 543. The van der Waals surface area contributed by atoms with E-state index in [1.54, 1.807) is 11.8 Å². The fourth-order valence-electron chi connectivity index (χ4n) is 1.95. The van der Waals surface area contributed by atoms with Crippen molar-refractivity contribution in [2.75, 3.05) is 11.5 Å². The molecule has 0 aliphatic heterocycles. The van der Waals surface area contributed by atoms with E-state index in [2.05, 4.69) is 26.0 Å². The number of hydrogen-bond donors (Lipinski definition) is 0. The van der Waals surface area contributed by atoms with Gasteiger partial charge in [-0.2, -0.15) is 11.8 Å². The number of ketones is 1. The topological polar surface area (TPSA) is 17.1 Å². The van der Waals surface area contributed by atoms with E-state index < -0.39 is 0 Å². The van der Waals surface area contributed by atoms with Gasteiger partial charge in [0.25, 0.3) is 0 Å². The fraction of sp³-hybridized carbons (Fsp3) is 0.278. The monoisotopic (exact) mass is 284 g/mol. The molecule has 2 heteroatoms. The summed E-state index contributed by atoms with van der Waals surface area (Å²) in [7, 11) is 0. The van der Waals surface area contributed by atoms with Crippen LogP contribution >= 0.6 is 11.8 Å². The molecule has 1 nitrogen and oxygen atoms in total. The van der Waals surface area contributed by atoms with Gasteiger partial charge in [0, 0.05) is 5.56 Å². The third kappa shape index (κ3) is 4.24. The van der Waals surface area contributed by atoms with E-state index in [1.165, 1.54) is 5.56 Å². The molecule has 0 heterocycles. The van der Waals surface area contributed by atoms with Crippen LogP contribution in [-0.2, 0) is 0 Å². The van der Waals surface area contributed by atoms with E-state index in [-0.39, 0.29) is 5.78 Å². The molecule has 20 heavy (non-hydrogen) atoms. The molecule has 0 spiro atoms. The molecule has 0 N–H and O–H groups in total. The summed E-state index contributed by atoms with van der Waals surface area (Å²) in [4.78, 5) is 12.1. The zero-order chi connectivity index (χ0) is 14.4. The summed E-state index contributed by atoms with van der Waals surface area (Å²) in [6.45, 7) is 4.35. The van der Waals surface area contributed by atoms with Crippen molar-refractivity contribution < 1.29 is 4.79 Å². The maximum atomic E-state index is 12.1. The minimum atomic E-state index is 0.218.